The minimum atomic E-state index is -0.790. The van der Waals surface area contributed by atoms with Crippen molar-refractivity contribution in [3.8, 4) is 0 Å². The first kappa shape index (κ1) is 15.0. The summed E-state index contributed by atoms with van der Waals surface area (Å²) in [6.07, 6.45) is 1.44. The van der Waals surface area contributed by atoms with E-state index in [1.54, 1.807) is 0 Å². The average Bonchev–Trinajstić information content (AvgIpc) is 2.87. The highest BCUT2D eigenvalue weighted by Gasteiger charge is 2.32. The van der Waals surface area contributed by atoms with Gasteiger partial charge in [-0.2, -0.15) is 0 Å². The lowest BCUT2D eigenvalue weighted by molar-refractivity contribution is 0.0381. The summed E-state index contributed by atoms with van der Waals surface area (Å²) in [6, 6.07) is 0. The van der Waals surface area contributed by atoms with E-state index in [-0.39, 0.29) is 0 Å². The van der Waals surface area contributed by atoms with Crippen LogP contribution in [0, 0.1) is 6.92 Å². The van der Waals surface area contributed by atoms with Gasteiger partial charge in [0.2, 0.25) is 0 Å². The number of nitrogens with one attached hydrogen (secondary N) is 2. The second-order valence-electron chi connectivity index (χ2n) is 5.23. The quantitative estimate of drug-likeness (QED) is 0.730. The molecule has 1 fully saturated rings. The summed E-state index contributed by atoms with van der Waals surface area (Å²) in [4.78, 5) is 9.00. The number of hydrogen-bond donors (Lipinski definition) is 3. The molecule has 0 bridgehead atoms. The molecular weight excluding hydrogens is 256 g/mol. The number of rotatable bonds is 6. The zero-order chi connectivity index (χ0) is 14.6. The molecule has 1 aromatic heterocycles. The highest BCUT2D eigenvalue weighted by Crippen LogP contribution is 2.23. The van der Waals surface area contributed by atoms with E-state index < -0.39 is 5.60 Å². The fourth-order valence-corrected chi connectivity index (χ4v) is 2.22. The second-order valence-corrected chi connectivity index (χ2v) is 5.23. The van der Waals surface area contributed by atoms with Gasteiger partial charge < -0.3 is 20.5 Å². The van der Waals surface area contributed by atoms with Crippen LogP contribution in [-0.4, -0.2) is 47.0 Å². The van der Waals surface area contributed by atoms with Gasteiger partial charge >= 0.3 is 0 Å². The lowest BCUT2D eigenvalue weighted by atomic mass is 10.0. The van der Waals surface area contributed by atoms with Crippen molar-refractivity contribution in [1.29, 1.82) is 0 Å². The van der Waals surface area contributed by atoms with Gasteiger partial charge in [0.05, 0.1) is 6.61 Å². The predicted octanol–water partition coefficient (Wildman–Crippen LogP) is 1.34. The molecule has 0 saturated carbocycles. The summed E-state index contributed by atoms with van der Waals surface area (Å²) >= 11 is 0. The fraction of sp³-hybridized carbons (Fsp3) is 0.714. The van der Waals surface area contributed by atoms with Gasteiger partial charge in [0, 0.05) is 38.1 Å². The Morgan fingerprint density at radius 3 is 2.50 bits per heavy atom. The highest BCUT2D eigenvalue weighted by atomic mass is 16.5. The maximum Gasteiger partial charge on any atom is 0.134 e. The highest BCUT2D eigenvalue weighted by molar-refractivity contribution is 5.57. The molecule has 112 valence electrons. The van der Waals surface area contributed by atoms with Crippen LogP contribution < -0.4 is 10.6 Å². The fourth-order valence-electron chi connectivity index (χ4n) is 2.22. The Morgan fingerprint density at radius 2 is 1.95 bits per heavy atom. The van der Waals surface area contributed by atoms with Crippen LogP contribution in [0.1, 0.15) is 31.7 Å². The minimum Gasteiger partial charge on any atom is -0.386 e. The number of anilines is 2. The van der Waals surface area contributed by atoms with Crippen LogP contribution in [0.2, 0.25) is 0 Å². The van der Waals surface area contributed by atoms with Crippen LogP contribution in [0.25, 0.3) is 0 Å². The number of aliphatic hydroxyl groups is 1. The zero-order valence-corrected chi connectivity index (χ0v) is 12.5. The van der Waals surface area contributed by atoms with Crippen LogP contribution in [0.4, 0.5) is 11.6 Å². The van der Waals surface area contributed by atoms with Crippen molar-refractivity contribution in [2.24, 2.45) is 0 Å². The number of hydrogen-bond acceptors (Lipinski definition) is 6. The third-order valence-corrected chi connectivity index (χ3v) is 3.52. The molecule has 0 amide bonds. The Bertz CT molecular complexity index is 459. The Balaban J connectivity index is 2.15. The van der Waals surface area contributed by atoms with Crippen LogP contribution in [0.5, 0.6) is 0 Å². The van der Waals surface area contributed by atoms with E-state index in [2.05, 4.69) is 20.6 Å². The maximum atomic E-state index is 10.3. The molecule has 1 unspecified atom stereocenters. The van der Waals surface area contributed by atoms with Crippen molar-refractivity contribution in [1.82, 2.24) is 9.97 Å². The molecule has 1 aliphatic rings. The molecule has 2 rings (SSSR count). The normalized spacial score (nSPS) is 22.0. The van der Waals surface area contributed by atoms with Crippen molar-refractivity contribution < 1.29 is 9.84 Å². The van der Waals surface area contributed by atoms with Gasteiger partial charge in [-0.3, -0.25) is 0 Å². The molecule has 0 aliphatic carbocycles. The van der Waals surface area contributed by atoms with Gasteiger partial charge in [-0.15, -0.1) is 0 Å². The Hall–Kier alpha value is -1.40. The van der Waals surface area contributed by atoms with E-state index in [4.69, 9.17) is 4.74 Å². The van der Waals surface area contributed by atoms with Crippen molar-refractivity contribution >= 4 is 11.6 Å². The smallest absolute Gasteiger partial charge is 0.134 e. The summed E-state index contributed by atoms with van der Waals surface area (Å²) in [6.45, 7) is 8.31. The first-order valence-electron chi connectivity index (χ1n) is 7.23. The van der Waals surface area contributed by atoms with Crippen molar-refractivity contribution in [2.45, 2.75) is 39.2 Å². The monoisotopic (exact) mass is 280 g/mol. The topological polar surface area (TPSA) is 79.3 Å². The van der Waals surface area contributed by atoms with E-state index in [1.165, 1.54) is 0 Å². The molecule has 6 heteroatoms. The molecule has 1 saturated heterocycles. The largest absolute Gasteiger partial charge is 0.386 e. The van der Waals surface area contributed by atoms with E-state index in [0.717, 1.165) is 36.0 Å². The molecule has 20 heavy (non-hydrogen) atoms. The third kappa shape index (κ3) is 3.37. The molecule has 0 spiro atoms. The van der Waals surface area contributed by atoms with Gasteiger partial charge in [-0.05, 0) is 13.8 Å². The predicted molar refractivity (Wildman–Crippen MR) is 79.2 cm³/mol. The molecule has 1 aromatic rings. The number of aryl methyl sites for hydroxylation is 1. The van der Waals surface area contributed by atoms with Gasteiger partial charge in [0.1, 0.15) is 23.1 Å². The van der Waals surface area contributed by atoms with Crippen molar-refractivity contribution in [3.05, 3.63) is 11.4 Å². The summed E-state index contributed by atoms with van der Waals surface area (Å²) in [5.74, 6) is 2.44. The van der Waals surface area contributed by atoms with Crippen LogP contribution in [-0.2, 0) is 11.2 Å². The first-order chi connectivity index (χ1) is 9.58. The van der Waals surface area contributed by atoms with Gasteiger partial charge in [0.15, 0.2) is 0 Å². The Kier molecular flexibility index (Phi) is 4.77. The standard InChI is InChI=1S/C14H24N4O2/c1-4-11-17-12(15-5-2)10(3)13(18-11)16-8-14(19)6-7-20-9-14/h19H,4-9H2,1-3H3,(H2,15,16,17,18). The molecule has 2 heterocycles. The molecule has 6 nitrogen and oxygen atoms in total. The number of aromatic nitrogens is 2. The Morgan fingerprint density at radius 1 is 1.25 bits per heavy atom. The van der Waals surface area contributed by atoms with Gasteiger partial charge in [-0.1, -0.05) is 6.92 Å². The summed E-state index contributed by atoms with van der Waals surface area (Å²) in [7, 11) is 0. The average molecular weight is 280 g/mol. The van der Waals surface area contributed by atoms with E-state index in [1.807, 2.05) is 20.8 Å². The van der Waals surface area contributed by atoms with Crippen LogP contribution >= 0.6 is 0 Å². The van der Waals surface area contributed by atoms with Crippen LogP contribution in [0.3, 0.4) is 0 Å². The maximum absolute atomic E-state index is 10.3. The number of nitrogens with zero attached hydrogens (tertiary/aromatic N) is 2. The summed E-state index contributed by atoms with van der Waals surface area (Å²) in [5.41, 5.74) is 0.189. The van der Waals surface area contributed by atoms with Gasteiger partial charge in [-0.25, -0.2) is 9.97 Å². The zero-order valence-electron chi connectivity index (χ0n) is 12.5. The van der Waals surface area contributed by atoms with Crippen LogP contribution in [0.15, 0.2) is 0 Å². The van der Waals surface area contributed by atoms with Crippen molar-refractivity contribution in [2.75, 3.05) is 36.9 Å². The van der Waals surface area contributed by atoms with E-state index in [0.29, 0.717) is 26.2 Å². The third-order valence-electron chi connectivity index (χ3n) is 3.52. The van der Waals surface area contributed by atoms with Crippen molar-refractivity contribution in [3.63, 3.8) is 0 Å². The Labute approximate surface area is 120 Å². The summed E-state index contributed by atoms with van der Waals surface area (Å²) in [5, 5.41) is 16.8. The van der Waals surface area contributed by atoms with E-state index >= 15 is 0 Å². The number of ether oxygens (including phenoxy) is 1. The first-order valence-corrected chi connectivity index (χ1v) is 7.23. The molecular formula is C14H24N4O2. The SMILES string of the molecule is CCNc1nc(CC)nc(NCC2(O)CCOC2)c1C. The van der Waals surface area contributed by atoms with Gasteiger partial charge in [0.25, 0.3) is 0 Å². The lowest BCUT2D eigenvalue weighted by Crippen LogP contribution is -2.37. The molecule has 0 radical (unpaired) electrons. The molecule has 3 N–H and O–H groups in total. The molecule has 1 atom stereocenters. The lowest BCUT2D eigenvalue weighted by Gasteiger charge is -2.22. The minimum absolute atomic E-state index is 0.380. The molecule has 1 aliphatic heterocycles. The molecule has 0 aromatic carbocycles. The van der Waals surface area contributed by atoms with E-state index in [9.17, 15) is 5.11 Å². The second kappa shape index (κ2) is 6.37. The summed E-state index contributed by atoms with van der Waals surface area (Å²) < 4.78 is 5.25.